The van der Waals surface area contributed by atoms with E-state index < -0.39 is 6.10 Å². The maximum absolute atomic E-state index is 12.0. The molecule has 108 valence electrons. The fourth-order valence-corrected chi connectivity index (χ4v) is 1.89. The molecule has 7 nitrogen and oxygen atoms in total. The maximum Gasteiger partial charge on any atom is 0.264 e. The number of hydrogen-bond acceptors (Lipinski definition) is 5. The van der Waals surface area contributed by atoms with Gasteiger partial charge in [0.2, 0.25) is 6.10 Å². The van der Waals surface area contributed by atoms with Crippen molar-refractivity contribution in [1.82, 2.24) is 5.32 Å². The van der Waals surface area contributed by atoms with Crippen LogP contribution in [0.15, 0.2) is 29.4 Å². The molecule has 1 aliphatic rings. The van der Waals surface area contributed by atoms with Gasteiger partial charge in [0.05, 0.1) is 0 Å². The van der Waals surface area contributed by atoms with Crippen molar-refractivity contribution in [3.63, 3.8) is 0 Å². The minimum absolute atomic E-state index is 0.0592. The lowest BCUT2D eigenvalue weighted by Crippen LogP contribution is -2.47. The molecule has 20 heavy (non-hydrogen) atoms. The van der Waals surface area contributed by atoms with Crippen LogP contribution < -0.4 is 20.5 Å². The Morgan fingerprint density at radius 2 is 2.25 bits per heavy atom. The highest BCUT2D eigenvalue weighted by Gasteiger charge is 2.28. The van der Waals surface area contributed by atoms with Crippen molar-refractivity contribution in [3.8, 4) is 11.5 Å². The molecule has 0 fully saturated rings. The summed E-state index contributed by atoms with van der Waals surface area (Å²) in [6, 6.07) is 6.91. The molecule has 2 rings (SSSR count). The second-order valence-corrected chi connectivity index (χ2v) is 4.57. The Labute approximate surface area is 116 Å². The zero-order chi connectivity index (χ0) is 14.5. The minimum atomic E-state index is -0.709. The third-order valence-electron chi connectivity index (χ3n) is 2.83. The van der Waals surface area contributed by atoms with Crippen LogP contribution in [0.3, 0.4) is 0 Å². The van der Waals surface area contributed by atoms with Crippen molar-refractivity contribution in [2.24, 2.45) is 10.9 Å². The van der Waals surface area contributed by atoms with E-state index in [-0.39, 0.29) is 30.8 Å². The van der Waals surface area contributed by atoms with Crippen LogP contribution in [-0.2, 0) is 4.79 Å². The quantitative estimate of drug-likeness (QED) is 0.321. The highest BCUT2D eigenvalue weighted by molar-refractivity contribution is 5.84. The van der Waals surface area contributed by atoms with Gasteiger partial charge >= 0.3 is 0 Å². The van der Waals surface area contributed by atoms with Crippen LogP contribution in [0.1, 0.15) is 13.3 Å². The van der Waals surface area contributed by atoms with Crippen LogP contribution in [0.4, 0.5) is 0 Å². The van der Waals surface area contributed by atoms with Crippen molar-refractivity contribution in [2.75, 3.05) is 6.61 Å². The molecule has 0 radical (unpaired) electrons. The monoisotopic (exact) mass is 279 g/mol. The van der Waals surface area contributed by atoms with E-state index in [4.69, 9.17) is 20.4 Å². The second kappa shape index (κ2) is 6.14. The van der Waals surface area contributed by atoms with Crippen LogP contribution in [0.5, 0.6) is 11.5 Å². The first kappa shape index (κ1) is 14.0. The number of amides is 1. The third-order valence-corrected chi connectivity index (χ3v) is 2.83. The van der Waals surface area contributed by atoms with E-state index in [2.05, 4.69) is 10.5 Å². The van der Waals surface area contributed by atoms with Gasteiger partial charge in [-0.25, -0.2) is 0 Å². The molecule has 2 unspecified atom stereocenters. The van der Waals surface area contributed by atoms with Gasteiger partial charge in [0.25, 0.3) is 5.91 Å². The fourth-order valence-electron chi connectivity index (χ4n) is 1.89. The molecular weight excluding hydrogens is 262 g/mol. The van der Waals surface area contributed by atoms with Gasteiger partial charge in [-0.3, -0.25) is 4.79 Å². The Hall–Kier alpha value is -2.44. The molecule has 0 saturated heterocycles. The molecule has 0 aliphatic carbocycles. The molecule has 1 heterocycles. The lowest BCUT2D eigenvalue weighted by Gasteiger charge is -2.26. The van der Waals surface area contributed by atoms with E-state index in [0.717, 1.165) is 0 Å². The van der Waals surface area contributed by atoms with Gasteiger partial charge in [0, 0.05) is 12.5 Å². The van der Waals surface area contributed by atoms with Gasteiger partial charge < -0.3 is 25.7 Å². The Morgan fingerprint density at radius 3 is 2.95 bits per heavy atom. The number of fused-ring (bicyclic) bond motifs is 1. The molecule has 0 saturated carbocycles. The van der Waals surface area contributed by atoms with Crippen LogP contribution >= 0.6 is 0 Å². The van der Waals surface area contributed by atoms with E-state index in [1.54, 1.807) is 19.1 Å². The molecule has 1 amide bonds. The number of para-hydroxylation sites is 2. The molecule has 1 aliphatic heterocycles. The first-order valence-electron chi connectivity index (χ1n) is 6.25. The molecule has 0 spiro atoms. The lowest BCUT2D eigenvalue weighted by atomic mass is 10.2. The Balaban J connectivity index is 1.91. The summed E-state index contributed by atoms with van der Waals surface area (Å²) in [6.07, 6.45) is -0.452. The number of carbonyl (C=O) groups is 1. The number of carbonyl (C=O) groups excluding carboxylic acids is 1. The first-order chi connectivity index (χ1) is 9.60. The van der Waals surface area contributed by atoms with E-state index in [9.17, 15) is 4.79 Å². The molecule has 7 heteroatoms. The average molecular weight is 279 g/mol. The molecule has 0 aromatic heterocycles. The summed E-state index contributed by atoms with van der Waals surface area (Å²) in [7, 11) is 0. The molecule has 2 atom stereocenters. The van der Waals surface area contributed by atoms with Gasteiger partial charge in [-0.15, -0.1) is 0 Å². The van der Waals surface area contributed by atoms with Crippen molar-refractivity contribution in [2.45, 2.75) is 25.5 Å². The average Bonchev–Trinajstić information content (AvgIpc) is 2.46. The van der Waals surface area contributed by atoms with Crippen LogP contribution in [-0.4, -0.2) is 35.7 Å². The van der Waals surface area contributed by atoms with Gasteiger partial charge in [-0.2, -0.15) is 0 Å². The molecule has 1 aromatic carbocycles. The summed E-state index contributed by atoms with van der Waals surface area (Å²) in [4.78, 5) is 12.0. The normalized spacial score (nSPS) is 19.2. The van der Waals surface area contributed by atoms with Crippen LogP contribution in [0, 0.1) is 0 Å². The van der Waals surface area contributed by atoms with Crippen LogP contribution in [0.2, 0.25) is 0 Å². The summed E-state index contributed by atoms with van der Waals surface area (Å²) >= 11 is 0. The van der Waals surface area contributed by atoms with Gasteiger partial charge in [0.15, 0.2) is 11.5 Å². The summed E-state index contributed by atoms with van der Waals surface area (Å²) in [6.45, 7) is 1.91. The highest BCUT2D eigenvalue weighted by atomic mass is 16.6. The molecule has 1 aromatic rings. The van der Waals surface area contributed by atoms with Gasteiger partial charge in [-0.05, 0) is 19.1 Å². The standard InChI is InChI=1S/C13H17N3O4/c1-8(6-12(14)16-18)15-13(17)11-7-19-9-4-2-3-5-10(9)20-11/h2-5,8,11,18H,6-7H2,1H3,(H2,14,16)(H,15,17). The van der Waals surface area contributed by atoms with E-state index in [1.807, 2.05) is 12.1 Å². The predicted octanol–water partition coefficient (Wildman–Crippen LogP) is 0.468. The summed E-state index contributed by atoms with van der Waals surface area (Å²) < 4.78 is 11.0. The minimum Gasteiger partial charge on any atom is -0.485 e. The van der Waals surface area contributed by atoms with Crippen molar-refractivity contribution >= 4 is 11.7 Å². The Morgan fingerprint density at radius 1 is 1.55 bits per heavy atom. The number of benzene rings is 1. The zero-order valence-corrected chi connectivity index (χ0v) is 11.1. The zero-order valence-electron chi connectivity index (χ0n) is 11.1. The van der Waals surface area contributed by atoms with Crippen molar-refractivity contribution < 1.29 is 19.5 Å². The number of rotatable bonds is 4. The second-order valence-electron chi connectivity index (χ2n) is 4.57. The van der Waals surface area contributed by atoms with Crippen LogP contribution in [0.25, 0.3) is 0 Å². The van der Waals surface area contributed by atoms with Gasteiger partial charge in [0.1, 0.15) is 12.4 Å². The van der Waals surface area contributed by atoms with E-state index in [0.29, 0.717) is 11.5 Å². The van der Waals surface area contributed by atoms with E-state index >= 15 is 0 Å². The largest absolute Gasteiger partial charge is 0.485 e. The number of amidine groups is 1. The first-order valence-corrected chi connectivity index (χ1v) is 6.25. The smallest absolute Gasteiger partial charge is 0.264 e. The SMILES string of the molecule is CC(CC(N)=NO)NC(=O)C1COc2ccccc2O1. The lowest BCUT2D eigenvalue weighted by molar-refractivity contribution is -0.130. The molecule has 0 bridgehead atoms. The number of nitrogens with two attached hydrogens (primary N) is 1. The highest BCUT2D eigenvalue weighted by Crippen LogP contribution is 2.30. The third kappa shape index (κ3) is 3.31. The summed E-state index contributed by atoms with van der Waals surface area (Å²) in [5, 5.41) is 14.1. The van der Waals surface area contributed by atoms with Gasteiger partial charge in [-0.1, -0.05) is 17.3 Å². The van der Waals surface area contributed by atoms with Crippen molar-refractivity contribution in [3.05, 3.63) is 24.3 Å². The maximum atomic E-state index is 12.0. The number of nitrogens with zero attached hydrogens (tertiary/aromatic N) is 1. The number of ether oxygens (including phenoxy) is 2. The predicted molar refractivity (Wildman–Crippen MR) is 72.0 cm³/mol. The number of oxime groups is 1. The number of hydrogen-bond donors (Lipinski definition) is 3. The fraction of sp³-hybridized carbons (Fsp3) is 0.385. The summed E-state index contributed by atoms with van der Waals surface area (Å²) in [5.41, 5.74) is 5.38. The topological polar surface area (TPSA) is 106 Å². The Kier molecular flexibility index (Phi) is 4.29. The summed E-state index contributed by atoms with van der Waals surface area (Å²) in [5.74, 6) is 0.936. The Bertz CT molecular complexity index is 518. The van der Waals surface area contributed by atoms with Crippen molar-refractivity contribution in [1.29, 1.82) is 0 Å². The molecule has 4 N–H and O–H groups in total. The molecular formula is C13H17N3O4. The number of nitrogens with one attached hydrogen (secondary N) is 1. The van der Waals surface area contributed by atoms with E-state index in [1.165, 1.54) is 0 Å².